The average molecular weight is 308 g/mol. The second kappa shape index (κ2) is 5.56. The van der Waals surface area contributed by atoms with Gasteiger partial charge in [-0.1, -0.05) is 11.6 Å². The second-order valence-corrected chi connectivity index (χ2v) is 5.89. The number of hydrogen-bond donors (Lipinski definition) is 0. The van der Waals surface area contributed by atoms with Gasteiger partial charge in [0.15, 0.2) is 5.58 Å². The van der Waals surface area contributed by atoms with Gasteiger partial charge in [-0.05, 0) is 31.0 Å². The highest BCUT2D eigenvalue weighted by Crippen LogP contribution is 2.27. The first-order valence-electron chi connectivity index (χ1n) is 7.09. The van der Waals surface area contributed by atoms with Gasteiger partial charge in [0.25, 0.3) is 6.01 Å². The molecule has 2 heterocycles. The molecular weight excluding hydrogens is 290 g/mol. The number of halogens is 1. The fraction of sp³-hybridized carbons (Fsp3) is 0.467. The Balaban J connectivity index is 1.72. The van der Waals surface area contributed by atoms with Gasteiger partial charge in [0.1, 0.15) is 5.52 Å². The van der Waals surface area contributed by atoms with Crippen LogP contribution in [-0.4, -0.2) is 42.0 Å². The molecule has 1 aromatic heterocycles. The number of hydrogen-bond acceptors (Lipinski definition) is 4. The molecule has 0 spiro atoms. The minimum absolute atomic E-state index is 0.116. The van der Waals surface area contributed by atoms with E-state index in [1.807, 2.05) is 18.0 Å². The van der Waals surface area contributed by atoms with E-state index in [0.717, 1.165) is 37.0 Å². The van der Waals surface area contributed by atoms with E-state index in [9.17, 15) is 4.79 Å². The van der Waals surface area contributed by atoms with E-state index in [0.29, 0.717) is 17.1 Å². The zero-order valence-electron chi connectivity index (χ0n) is 12.2. The standard InChI is InChI=1S/C15H18ClN3O2/c1-10(20)18(2)12-5-7-19(8-6-12)15-17-13-9-11(16)3-4-14(13)21-15/h3-4,9,12H,5-8H2,1-2H3. The number of anilines is 1. The number of amides is 1. The van der Waals surface area contributed by atoms with E-state index in [-0.39, 0.29) is 5.91 Å². The van der Waals surface area contributed by atoms with Gasteiger partial charge >= 0.3 is 0 Å². The van der Waals surface area contributed by atoms with E-state index in [1.54, 1.807) is 19.1 Å². The SMILES string of the molecule is CC(=O)N(C)C1CCN(c2nc3cc(Cl)ccc3o2)CC1. The minimum Gasteiger partial charge on any atom is -0.423 e. The van der Waals surface area contributed by atoms with Gasteiger partial charge < -0.3 is 14.2 Å². The number of piperidine rings is 1. The second-order valence-electron chi connectivity index (χ2n) is 5.46. The van der Waals surface area contributed by atoms with Crippen LogP contribution in [0.2, 0.25) is 5.02 Å². The summed E-state index contributed by atoms with van der Waals surface area (Å²) in [5, 5.41) is 0.657. The van der Waals surface area contributed by atoms with Crippen molar-refractivity contribution in [1.82, 2.24) is 9.88 Å². The van der Waals surface area contributed by atoms with Crippen molar-refractivity contribution in [3.63, 3.8) is 0 Å². The molecule has 1 saturated heterocycles. The molecule has 0 bridgehead atoms. The first kappa shape index (κ1) is 14.2. The van der Waals surface area contributed by atoms with Crippen LogP contribution >= 0.6 is 11.6 Å². The van der Waals surface area contributed by atoms with Crippen LogP contribution in [0.1, 0.15) is 19.8 Å². The molecule has 1 aliphatic rings. The monoisotopic (exact) mass is 307 g/mol. The lowest BCUT2D eigenvalue weighted by atomic mass is 10.0. The lowest BCUT2D eigenvalue weighted by molar-refractivity contribution is -0.129. The summed E-state index contributed by atoms with van der Waals surface area (Å²) in [5.41, 5.74) is 1.53. The smallest absolute Gasteiger partial charge is 0.298 e. The van der Waals surface area contributed by atoms with Crippen molar-refractivity contribution < 1.29 is 9.21 Å². The molecule has 0 radical (unpaired) electrons. The largest absolute Gasteiger partial charge is 0.423 e. The van der Waals surface area contributed by atoms with Gasteiger partial charge in [-0.25, -0.2) is 0 Å². The Labute approximate surface area is 128 Å². The van der Waals surface area contributed by atoms with Gasteiger partial charge in [-0.2, -0.15) is 4.98 Å². The van der Waals surface area contributed by atoms with Crippen molar-refractivity contribution in [1.29, 1.82) is 0 Å². The third-order valence-corrected chi connectivity index (χ3v) is 4.35. The Hall–Kier alpha value is -1.75. The van der Waals surface area contributed by atoms with Crippen molar-refractivity contribution >= 4 is 34.6 Å². The van der Waals surface area contributed by atoms with Crippen molar-refractivity contribution in [2.45, 2.75) is 25.8 Å². The number of nitrogens with zero attached hydrogens (tertiary/aromatic N) is 3. The summed E-state index contributed by atoms with van der Waals surface area (Å²) < 4.78 is 5.78. The van der Waals surface area contributed by atoms with Gasteiger partial charge in [-0.3, -0.25) is 4.79 Å². The highest BCUT2D eigenvalue weighted by Gasteiger charge is 2.26. The number of fused-ring (bicyclic) bond motifs is 1. The summed E-state index contributed by atoms with van der Waals surface area (Å²) in [6.07, 6.45) is 1.85. The summed E-state index contributed by atoms with van der Waals surface area (Å²) in [6.45, 7) is 3.28. The molecule has 1 aromatic carbocycles. The Morgan fingerprint density at radius 3 is 2.81 bits per heavy atom. The van der Waals surface area contributed by atoms with Crippen LogP contribution in [0.25, 0.3) is 11.1 Å². The Morgan fingerprint density at radius 1 is 1.43 bits per heavy atom. The van der Waals surface area contributed by atoms with Gasteiger partial charge in [-0.15, -0.1) is 0 Å². The lowest BCUT2D eigenvalue weighted by Gasteiger charge is -2.35. The maximum absolute atomic E-state index is 11.4. The molecule has 2 aromatic rings. The number of benzene rings is 1. The normalized spacial score (nSPS) is 16.4. The molecule has 0 N–H and O–H groups in total. The summed E-state index contributed by atoms with van der Waals surface area (Å²) in [5.74, 6) is 0.116. The third kappa shape index (κ3) is 2.83. The maximum atomic E-state index is 11.4. The Morgan fingerprint density at radius 2 is 2.14 bits per heavy atom. The van der Waals surface area contributed by atoms with E-state index >= 15 is 0 Å². The first-order chi connectivity index (χ1) is 10.0. The molecule has 0 saturated carbocycles. The maximum Gasteiger partial charge on any atom is 0.298 e. The molecule has 112 valence electrons. The first-order valence-corrected chi connectivity index (χ1v) is 7.47. The minimum atomic E-state index is 0.116. The van der Waals surface area contributed by atoms with Crippen LogP contribution in [0, 0.1) is 0 Å². The number of rotatable bonds is 2. The molecule has 0 unspecified atom stereocenters. The predicted octanol–water partition coefficient (Wildman–Crippen LogP) is 2.93. The van der Waals surface area contributed by atoms with Crippen LogP contribution < -0.4 is 4.90 Å². The Kier molecular flexibility index (Phi) is 3.76. The summed E-state index contributed by atoms with van der Waals surface area (Å²) in [7, 11) is 1.87. The molecule has 5 nitrogen and oxygen atoms in total. The van der Waals surface area contributed by atoms with Crippen molar-refractivity contribution in [2.24, 2.45) is 0 Å². The summed E-state index contributed by atoms with van der Waals surface area (Å²) in [4.78, 5) is 19.9. The van der Waals surface area contributed by atoms with Gasteiger partial charge in [0.05, 0.1) is 0 Å². The summed E-state index contributed by atoms with van der Waals surface area (Å²) in [6, 6.07) is 6.38. The summed E-state index contributed by atoms with van der Waals surface area (Å²) >= 11 is 5.96. The van der Waals surface area contributed by atoms with Crippen molar-refractivity contribution in [3.8, 4) is 0 Å². The molecule has 0 atom stereocenters. The van der Waals surface area contributed by atoms with E-state index in [4.69, 9.17) is 16.0 Å². The fourth-order valence-electron chi connectivity index (χ4n) is 2.73. The van der Waals surface area contributed by atoms with Crippen LogP contribution in [0.3, 0.4) is 0 Å². The van der Waals surface area contributed by atoms with Crippen molar-refractivity contribution in [3.05, 3.63) is 23.2 Å². The van der Waals surface area contributed by atoms with Crippen LogP contribution in [-0.2, 0) is 4.79 Å². The number of carbonyl (C=O) groups is 1. The van der Waals surface area contributed by atoms with Crippen LogP contribution in [0.5, 0.6) is 0 Å². The van der Waals surface area contributed by atoms with Gasteiger partial charge in [0, 0.05) is 38.1 Å². The average Bonchev–Trinajstić information content (AvgIpc) is 2.89. The van der Waals surface area contributed by atoms with Crippen LogP contribution in [0.15, 0.2) is 22.6 Å². The zero-order chi connectivity index (χ0) is 15.0. The van der Waals surface area contributed by atoms with Crippen LogP contribution in [0.4, 0.5) is 6.01 Å². The quantitative estimate of drug-likeness (QED) is 0.856. The molecular formula is C15H18ClN3O2. The third-order valence-electron chi connectivity index (χ3n) is 4.12. The van der Waals surface area contributed by atoms with E-state index < -0.39 is 0 Å². The number of aromatic nitrogens is 1. The van der Waals surface area contributed by atoms with Gasteiger partial charge in [0.2, 0.25) is 5.91 Å². The molecule has 1 amide bonds. The van der Waals surface area contributed by atoms with E-state index in [1.165, 1.54) is 0 Å². The zero-order valence-corrected chi connectivity index (χ0v) is 12.9. The highest BCUT2D eigenvalue weighted by molar-refractivity contribution is 6.31. The molecule has 3 rings (SSSR count). The lowest BCUT2D eigenvalue weighted by Crippen LogP contribution is -2.45. The molecule has 0 aliphatic carbocycles. The van der Waals surface area contributed by atoms with Crippen molar-refractivity contribution in [2.75, 3.05) is 25.0 Å². The Bertz CT molecular complexity index is 662. The molecule has 21 heavy (non-hydrogen) atoms. The topological polar surface area (TPSA) is 49.6 Å². The molecule has 1 aliphatic heterocycles. The number of carbonyl (C=O) groups excluding carboxylic acids is 1. The number of oxazole rings is 1. The highest BCUT2D eigenvalue weighted by atomic mass is 35.5. The fourth-order valence-corrected chi connectivity index (χ4v) is 2.89. The molecule has 1 fully saturated rings. The van der Waals surface area contributed by atoms with E-state index in [2.05, 4.69) is 9.88 Å². The molecule has 6 heteroatoms. The predicted molar refractivity (Wildman–Crippen MR) is 82.7 cm³/mol.